The number of anilines is 1. The molecule has 1 aliphatic heterocycles. The standard InChI is InChI=1S/C23H25N7O2/c1-16-11-17(2)30(27-16)20-12-22(25-15-24-20)32-14-18-6-9-28(10-7-18)21-13-23(31)29-8-4-3-5-19(29)26-21/h3-5,8,11-13,15,18H,6-7,9-10,14H2,1-2H3. The Balaban J connectivity index is 1.20. The van der Waals surface area contributed by atoms with Gasteiger partial charge in [-0.3, -0.25) is 9.20 Å². The van der Waals surface area contributed by atoms with Crippen LogP contribution in [0.3, 0.4) is 0 Å². The summed E-state index contributed by atoms with van der Waals surface area (Å²) in [5.41, 5.74) is 2.57. The first-order chi connectivity index (χ1) is 15.6. The van der Waals surface area contributed by atoms with Crippen LogP contribution >= 0.6 is 0 Å². The van der Waals surface area contributed by atoms with Gasteiger partial charge in [-0.2, -0.15) is 5.10 Å². The lowest BCUT2D eigenvalue weighted by molar-refractivity contribution is 0.215. The zero-order chi connectivity index (χ0) is 22.1. The van der Waals surface area contributed by atoms with Crippen molar-refractivity contribution in [1.29, 1.82) is 0 Å². The predicted octanol–water partition coefficient (Wildman–Crippen LogP) is 2.58. The maximum absolute atomic E-state index is 12.4. The molecule has 1 aliphatic rings. The second kappa shape index (κ2) is 8.41. The van der Waals surface area contributed by atoms with Crippen LogP contribution in [0.2, 0.25) is 0 Å². The topological polar surface area (TPSA) is 90.4 Å². The van der Waals surface area contributed by atoms with Gasteiger partial charge in [0.05, 0.1) is 12.3 Å². The van der Waals surface area contributed by atoms with E-state index in [0.717, 1.165) is 43.1 Å². The highest BCUT2D eigenvalue weighted by atomic mass is 16.5. The zero-order valence-electron chi connectivity index (χ0n) is 18.2. The van der Waals surface area contributed by atoms with Crippen molar-refractivity contribution in [1.82, 2.24) is 29.1 Å². The minimum atomic E-state index is -0.0572. The van der Waals surface area contributed by atoms with Gasteiger partial charge in [-0.1, -0.05) is 6.07 Å². The number of hydrogen-bond donors (Lipinski definition) is 0. The van der Waals surface area contributed by atoms with Crippen molar-refractivity contribution in [3.8, 4) is 11.7 Å². The third kappa shape index (κ3) is 4.05. The molecule has 0 atom stereocenters. The largest absolute Gasteiger partial charge is 0.477 e. The molecule has 32 heavy (non-hydrogen) atoms. The van der Waals surface area contributed by atoms with Gasteiger partial charge in [-0.05, 0) is 50.8 Å². The number of rotatable bonds is 5. The average molecular weight is 432 g/mol. The van der Waals surface area contributed by atoms with Gasteiger partial charge < -0.3 is 9.64 Å². The molecule has 9 nitrogen and oxygen atoms in total. The van der Waals surface area contributed by atoms with Gasteiger partial charge in [-0.25, -0.2) is 19.6 Å². The molecule has 0 bridgehead atoms. The molecule has 5 rings (SSSR count). The summed E-state index contributed by atoms with van der Waals surface area (Å²) in [6.07, 6.45) is 5.18. The molecule has 5 heterocycles. The molecule has 0 unspecified atom stereocenters. The van der Waals surface area contributed by atoms with Crippen molar-refractivity contribution in [2.24, 2.45) is 5.92 Å². The SMILES string of the molecule is Cc1cc(C)n(-c2cc(OCC3CCN(c4cc(=O)n5ccccc5n4)CC3)ncn2)n1. The predicted molar refractivity (Wildman–Crippen MR) is 121 cm³/mol. The van der Waals surface area contributed by atoms with Crippen molar-refractivity contribution in [2.75, 3.05) is 24.6 Å². The lowest BCUT2D eigenvalue weighted by Crippen LogP contribution is -2.37. The van der Waals surface area contributed by atoms with E-state index in [4.69, 9.17) is 4.74 Å². The van der Waals surface area contributed by atoms with Gasteiger partial charge in [-0.15, -0.1) is 0 Å². The molecule has 0 N–H and O–H groups in total. The summed E-state index contributed by atoms with van der Waals surface area (Å²) in [7, 11) is 0. The first-order valence-corrected chi connectivity index (χ1v) is 10.8. The highest BCUT2D eigenvalue weighted by Gasteiger charge is 2.22. The molecular weight excluding hydrogens is 406 g/mol. The first-order valence-electron chi connectivity index (χ1n) is 10.8. The van der Waals surface area contributed by atoms with E-state index in [1.54, 1.807) is 21.3 Å². The fourth-order valence-corrected chi connectivity index (χ4v) is 4.12. The van der Waals surface area contributed by atoms with E-state index in [1.807, 2.05) is 44.2 Å². The molecule has 0 amide bonds. The molecule has 4 aromatic rings. The van der Waals surface area contributed by atoms with Crippen LogP contribution in [0, 0.1) is 19.8 Å². The van der Waals surface area contributed by atoms with Gasteiger partial charge in [0, 0.05) is 37.1 Å². The third-order valence-corrected chi connectivity index (χ3v) is 5.82. The van der Waals surface area contributed by atoms with Crippen LogP contribution in [0.5, 0.6) is 5.88 Å². The fraction of sp³-hybridized carbons (Fsp3) is 0.348. The molecule has 0 saturated carbocycles. The van der Waals surface area contributed by atoms with Crippen LogP contribution in [-0.4, -0.2) is 48.8 Å². The summed E-state index contributed by atoms with van der Waals surface area (Å²) in [4.78, 5) is 27.8. The maximum Gasteiger partial charge on any atom is 0.259 e. The second-order valence-corrected chi connectivity index (χ2v) is 8.18. The molecule has 0 aromatic carbocycles. The summed E-state index contributed by atoms with van der Waals surface area (Å²) < 4.78 is 9.35. The van der Waals surface area contributed by atoms with Crippen molar-refractivity contribution in [2.45, 2.75) is 26.7 Å². The molecule has 1 fully saturated rings. The van der Waals surface area contributed by atoms with Crippen LogP contribution < -0.4 is 15.2 Å². The summed E-state index contributed by atoms with van der Waals surface area (Å²) in [6.45, 7) is 6.22. The number of piperidine rings is 1. The second-order valence-electron chi connectivity index (χ2n) is 8.18. The molecule has 0 spiro atoms. The molecule has 9 heteroatoms. The Morgan fingerprint density at radius 3 is 2.69 bits per heavy atom. The van der Waals surface area contributed by atoms with Crippen LogP contribution in [0.4, 0.5) is 5.82 Å². The smallest absolute Gasteiger partial charge is 0.259 e. The van der Waals surface area contributed by atoms with Crippen LogP contribution in [0.25, 0.3) is 11.5 Å². The van der Waals surface area contributed by atoms with Gasteiger partial charge in [0.15, 0.2) is 5.82 Å². The zero-order valence-corrected chi connectivity index (χ0v) is 18.2. The Kier molecular flexibility index (Phi) is 5.30. The Labute approximate surface area is 185 Å². The Morgan fingerprint density at radius 1 is 1.06 bits per heavy atom. The van der Waals surface area contributed by atoms with E-state index in [1.165, 1.54) is 6.33 Å². The van der Waals surface area contributed by atoms with Gasteiger partial charge in [0.25, 0.3) is 5.56 Å². The van der Waals surface area contributed by atoms with Crippen molar-refractivity contribution >= 4 is 11.5 Å². The van der Waals surface area contributed by atoms with E-state index >= 15 is 0 Å². The number of hydrogen-bond acceptors (Lipinski definition) is 7. The van der Waals surface area contributed by atoms with Gasteiger partial charge >= 0.3 is 0 Å². The van der Waals surface area contributed by atoms with E-state index in [9.17, 15) is 4.79 Å². The van der Waals surface area contributed by atoms with Crippen LogP contribution in [0.1, 0.15) is 24.2 Å². The lowest BCUT2D eigenvalue weighted by Gasteiger charge is -2.32. The molecule has 0 aliphatic carbocycles. The normalized spacial score (nSPS) is 14.8. The maximum atomic E-state index is 12.4. The van der Waals surface area contributed by atoms with Gasteiger partial charge in [0.2, 0.25) is 5.88 Å². The monoisotopic (exact) mass is 431 g/mol. The highest BCUT2D eigenvalue weighted by molar-refractivity contribution is 5.48. The quantitative estimate of drug-likeness (QED) is 0.480. The molecule has 164 valence electrons. The first kappa shape index (κ1) is 20.2. The van der Waals surface area contributed by atoms with E-state index < -0.39 is 0 Å². The van der Waals surface area contributed by atoms with Crippen molar-refractivity contribution < 1.29 is 4.74 Å². The fourth-order valence-electron chi connectivity index (χ4n) is 4.12. The number of ether oxygens (including phenoxy) is 1. The number of pyridine rings is 1. The van der Waals surface area contributed by atoms with Crippen molar-refractivity contribution in [3.63, 3.8) is 0 Å². The minimum absolute atomic E-state index is 0.0572. The van der Waals surface area contributed by atoms with E-state index in [2.05, 4.69) is 25.0 Å². The number of nitrogens with zero attached hydrogens (tertiary/aromatic N) is 7. The lowest BCUT2D eigenvalue weighted by atomic mass is 9.98. The third-order valence-electron chi connectivity index (χ3n) is 5.82. The number of aryl methyl sites for hydroxylation is 2. The van der Waals surface area contributed by atoms with Crippen LogP contribution in [-0.2, 0) is 0 Å². The van der Waals surface area contributed by atoms with E-state index in [0.29, 0.717) is 29.9 Å². The molecule has 0 radical (unpaired) electrons. The number of fused-ring (bicyclic) bond motifs is 1. The Hall–Kier alpha value is -3.75. The molecule has 4 aromatic heterocycles. The van der Waals surface area contributed by atoms with E-state index in [-0.39, 0.29) is 5.56 Å². The van der Waals surface area contributed by atoms with Crippen molar-refractivity contribution in [3.05, 3.63) is 70.7 Å². The Morgan fingerprint density at radius 2 is 1.91 bits per heavy atom. The summed E-state index contributed by atoms with van der Waals surface area (Å²) in [6, 6.07) is 11.0. The van der Waals surface area contributed by atoms with Crippen LogP contribution in [0.15, 0.2) is 53.7 Å². The number of aromatic nitrogens is 6. The summed E-state index contributed by atoms with van der Waals surface area (Å²) in [5.74, 6) is 2.41. The minimum Gasteiger partial charge on any atom is -0.477 e. The average Bonchev–Trinajstić information content (AvgIpc) is 3.16. The summed E-state index contributed by atoms with van der Waals surface area (Å²) >= 11 is 0. The molecular formula is C23H25N7O2. The molecule has 1 saturated heterocycles. The van der Waals surface area contributed by atoms with Gasteiger partial charge in [0.1, 0.15) is 17.8 Å². The highest BCUT2D eigenvalue weighted by Crippen LogP contribution is 2.23. The summed E-state index contributed by atoms with van der Waals surface area (Å²) in [5, 5.41) is 4.47. The Bertz CT molecular complexity index is 1310.